The number of hydrogen-bond donors (Lipinski definition) is 0. The Bertz CT molecular complexity index is 1380. The minimum atomic E-state index is -0.832. The van der Waals surface area contributed by atoms with Crippen molar-refractivity contribution in [3.63, 3.8) is 0 Å². The predicted octanol–water partition coefficient (Wildman–Crippen LogP) is 6.83. The van der Waals surface area contributed by atoms with Gasteiger partial charge in [0.25, 0.3) is 0 Å². The van der Waals surface area contributed by atoms with E-state index < -0.39 is 23.7 Å². The van der Waals surface area contributed by atoms with Gasteiger partial charge in [0.15, 0.2) is 4.80 Å². The summed E-state index contributed by atoms with van der Waals surface area (Å²) in [5.74, 6) is -0.313. The fourth-order valence-corrected chi connectivity index (χ4v) is 5.00. The first-order chi connectivity index (χ1) is 18.9. The minimum absolute atomic E-state index is 0.205. The molecular weight excluding hydrogens is 557 g/mol. The van der Waals surface area contributed by atoms with Gasteiger partial charge in [-0.25, -0.2) is 19.0 Å². The Kier molecular flexibility index (Phi) is 10.8. The lowest BCUT2D eigenvalue weighted by Crippen LogP contribution is -2.47. The molecule has 216 valence electrons. The monoisotopic (exact) mass is 591 g/mol. The third-order valence-electron chi connectivity index (χ3n) is 5.80. The topological polar surface area (TPSA) is 82.4 Å². The molecule has 2 aromatic carbocycles. The Labute approximate surface area is 243 Å². The van der Waals surface area contributed by atoms with Crippen molar-refractivity contribution in [3.8, 4) is 17.0 Å². The summed E-state index contributed by atoms with van der Waals surface area (Å²) in [5, 5.41) is 2.47. The number of thiazole rings is 1. The highest BCUT2D eigenvalue weighted by Crippen LogP contribution is 2.30. The summed E-state index contributed by atoms with van der Waals surface area (Å²) in [4.78, 5) is 32.4. The van der Waals surface area contributed by atoms with E-state index >= 15 is 0 Å². The van der Waals surface area contributed by atoms with Gasteiger partial charge < -0.3 is 18.8 Å². The largest absolute Gasteiger partial charge is 0.494 e. The molecule has 3 aromatic rings. The van der Waals surface area contributed by atoms with Gasteiger partial charge in [-0.1, -0.05) is 11.6 Å². The maximum absolute atomic E-state index is 13.7. The molecule has 0 spiro atoms. The van der Waals surface area contributed by atoms with Crippen molar-refractivity contribution in [2.75, 3.05) is 20.3 Å². The van der Waals surface area contributed by atoms with Crippen molar-refractivity contribution in [1.82, 2.24) is 9.47 Å². The second-order valence-electron chi connectivity index (χ2n) is 9.95. The first-order valence-corrected chi connectivity index (χ1v) is 14.2. The molecule has 40 heavy (non-hydrogen) atoms. The molecule has 1 atom stereocenters. The molecule has 0 aliphatic heterocycles. The quantitative estimate of drug-likeness (QED) is 0.241. The third kappa shape index (κ3) is 8.32. The second kappa shape index (κ2) is 13.8. The number of esters is 1. The van der Waals surface area contributed by atoms with E-state index in [4.69, 9.17) is 30.8 Å². The van der Waals surface area contributed by atoms with Crippen molar-refractivity contribution in [2.45, 2.75) is 59.2 Å². The summed E-state index contributed by atoms with van der Waals surface area (Å²) in [6.45, 7) is 9.53. The van der Waals surface area contributed by atoms with Crippen LogP contribution in [0.5, 0.6) is 5.75 Å². The van der Waals surface area contributed by atoms with Crippen molar-refractivity contribution in [1.29, 1.82) is 0 Å². The van der Waals surface area contributed by atoms with Crippen molar-refractivity contribution in [2.24, 2.45) is 4.99 Å². The number of aromatic nitrogens is 1. The van der Waals surface area contributed by atoms with Gasteiger partial charge in [-0.05, 0) is 83.0 Å². The number of ether oxygens (including phenoxy) is 3. The third-order valence-corrected chi connectivity index (χ3v) is 6.90. The zero-order valence-electron chi connectivity index (χ0n) is 23.6. The zero-order valence-corrected chi connectivity index (χ0v) is 25.1. The molecule has 1 heterocycles. The molecule has 0 saturated carbocycles. The maximum Gasteiger partial charge on any atom is 0.411 e. The van der Waals surface area contributed by atoms with Crippen LogP contribution in [0, 0.1) is 5.82 Å². The van der Waals surface area contributed by atoms with Crippen LogP contribution >= 0.6 is 22.9 Å². The first kappa shape index (κ1) is 31.2. The molecule has 1 amide bonds. The molecule has 0 unspecified atom stereocenters. The van der Waals surface area contributed by atoms with Crippen LogP contribution in [-0.2, 0) is 20.8 Å². The fourth-order valence-electron chi connectivity index (χ4n) is 3.89. The van der Waals surface area contributed by atoms with E-state index in [9.17, 15) is 14.0 Å². The Hall–Kier alpha value is -3.37. The highest BCUT2D eigenvalue weighted by molar-refractivity contribution is 7.07. The molecule has 0 aliphatic carbocycles. The molecule has 0 saturated heterocycles. The molecule has 3 rings (SSSR count). The second-order valence-corrected chi connectivity index (χ2v) is 11.2. The van der Waals surface area contributed by atoms with Gasteiger partial charge in [-0.2, -0.15) is 0 Å². The Morgan fingerprint density at radius 2 is 1.88 bits per heavy atom. The Morgan fingerprint density at radius 1 is 1.18 bits per heavy atom. The predicted molar refractivity (Wildman–Crippen MR) is 155 cm³/mol. The standard InChI is InChI=1S/C29H35ClFN3O5S/c1-7-38-26(35)19(2)33(28(36)39-29(3,4)5)15-8-16-34-24(20-9-12-22(31)13-10-20)18-40-27(34)32-23-14-11-21(30)17-25(23)37-6/h9-14,17-19H,7-8,15-16H2,1-6H3/t19-/m0/s1. The van der Waals surface area contributed by atoms with E-state index in [0.29, 0.717) is 34.2 Å². The molecule has 1 aromatic heterocycles. The van der Waals surface area contributed by atoms with E-state index in [0.717, 1.165) is 11.3 Å². The van der Waals surface area contributed by atoms with E-state index in [1.54, 1.807) is 72.1 Å². The molecule has 0 aliphatic rings. The Morgan fingerprint density at radius 3 is 2.50 bits per heavy atom. The maximum atomic E-state index is 13.7. The number of rotatable bonds is 10. The SMILES string of the molecule is CCOC(=O)[C@H](C)N(CCCn1c(-c2ccc(F)cc2)csc1=Nc1ccc(Cl)cc1OC)C(=O)OC(C)(C)C. The number of nitrogens with zero attached hydrogens (tertiary/aromatic N) is 3. The van der Waals surface area contributed by atoms with Crippen LogP contribution in [-0.4, -0.2) is 53.4 Å². The summed E-state index contributed by atoms with van der Waals surface area (Å²) in [6.07, 6.45) is -0.128. The van der Waals surface area contributed by atoms with Gasteiger partial charge >= 0.3 is 12.1 Å². The van der Waals surface area contributed by atoms with Gasteiger partial charge in [0.1, 0.15) is 28.9 Å². The summed E-state index contributed by atoms with van der Waals surface area (Å²) in [7, 11) is 1.55. The lowest BCUT2D eigenvalue weighted by atomic mass is 10.1. The van der Waals surface area contributed by atoms with Crippen LogP contribution in [0.15, 0.2) is 52.8 Å². The summed E-state index contributed by atoms with van der Waals surface area (Å²) < 4.78 is 31.9. The normalized spacial score (nSPS) is 12.7. The van der Waals surface area contributed by atoms with Gasteiger partial charge in [-0.15, -0.1) is 11.3 Å². The van der Waals surface area contributed by atoms with Crippen LogP contribution in [0.4, 0.5) is 14.9 Å². The van der Waals surface area contributed by atoms with Gasteiger partial charge in [0, 0.05) is 29.6 Å². The van der Waals surface area contributed by atoms with E-state index in [1.807, 2.05) is 9.95 Å². The Balaban J connectivity index is 1.97. The molecule has 0 bridgehead atoms. The zero-order chi connectivity index (χ0) is 29.4. The van der Waals surface area contributed by atoms with Crippen LogP contribution in [0.2, 0.25) is 5.02 Å². The van der Waals surface area contributed by atoms with Crippen molar-refractivity contribution >= 4 is 40.7 Å². The highest BCUT2D eigenvalue weighted by atomic mass is 35.5. The molecule has 8 nitrogen and oxygen atoms in total. The number of halogens is 2. The van der Waals surface area contributed by atoms with E-state index in [2.05, 4.69) is 0 Å². The van der Waals surface area contributed by atoms with E-state index in [-0.39, 0.29) is 19.0 Å². The lowest BCUT2D eigenvalue weighted by Gasteiger charge is -2.30. The number of hydrogen-bond acceptors (Lipinski definition) is 7. The van der Waals surface area contributed by atoms with Crippen molar-refractivity contribution < 1.29 is 28.2 Å². The number of carbonyl (C=O) groups is 2. The van der Waals surface area contributed by atoms with Crippen LogP contribution in [0.1, 0.15) is 41.0 Å². The first-order valence-electron chi connectivity index (χ1n) is 12.9. The summed E-state index contributed by atoms with van der Waals surface area (Å²) >= 11 is 7.55. The number of methoxy groups -OCH3 is 1. The highest BCUT2D eigenvalue weighted by Gasteiger charge is 2.30. The average Bonchev–Trinajstić information content (AvgIpc) is 3.28. The lowest BCUT2D eigenvalue weighted by molar-refractivity contribution is -0.148. The molecule has 0 fully saturated rings. The minimum Gasteiger partial charge on any atom is -0.494 e. The van der Waals surface area contributed by atoms with Crippen LogP contribution in [0.3, 0.4) is 0 Å². The smallest absolute Gasteiger partial charge is 0.411 e. The van der Waals surface area contributed by atoms with Gasteiger partial charge in [0.05, 0.1) is 19.4 Å². The van der Waals surface area contributed by atoms with Crippen molar-refractivity contribution in [3.05, 3.63) is 63.5 Å². The van der Waals surface area contributed by atoms with Crippen LogP contribution in [0.25, 0.3) is 11.3 Å². The van der Waals surface area contributed by atoms with Gasteiger partial charge in [-0.3, -0.25) is 4.90 Å². The number of carbonyl (C=O) groups excluding carboxylic acids is 2. The molecule has 0 radical (unpaired) electrons. The number of amides is 1. The summed E-state index contributed by atoms with van der Waals surface area (Å²) in [5.41, 5.74) is 1.51. The molecular formula is C29H35ClFN3O5S. The van der Waals surface area contributed by atoms with Gasteiger partial charge in [0.2, 0.25) is 0 Å². The molecule has 0 N–H and O–H groups in total. The van der Waals surface area contributed by atoms with Crippen LogP contribution < -0.4 is 9.54 Å². The fraction of sp³-hybridized carbons (Fsp3) is 0.414. The summed E-state index contributed by atoms with van der Waals surface area (Å²) in [6, 6.07) is 10.6. The average molecular weight is 592 g/mol. The van der Waals surface area contributed by atoms with E-state index in [1.165, 1.54) is 28.4 Å². The number of benzene rings is 2. The molecule has 11 heteroatoms.